The Labute approximate surface area is 109 Å². The van der Waals surface area contributed by atoms with Crippen LogP contribution in [0.1, 0.15) is 22.6 Å². The highest BCUT2D eigenvalue weighted by Crippen LogP contribution is 2.12. The Hall–Kier alpha value is -1.20. The fourth-order valence-electron chi connectivity index (χ4n) is 1.64. The molecule has 0 unspecified atom stereocenters. The van der Waals surface area contributed by atoms with Crippen molar-refractivity contribution in [2.24, 2.45) is 0 Å². The van der Waals surface area contributed by atoms with Crippen LogP contribution >= 0.6 is 15.9 Å². The number of aryl methyl sites for hydroxylation is 2. The number of rotatable bonds is 4. The smallest absolute Gasteiger partial charge is 0.138 e. The van der Waals surface area contributed by atoms with Gasteiger partial charge in [-0.05, 0) is 41.4 Å². The van der Waals surface area contributed by atoms with Gasteiger partial charge in [-0.15, -0.1) is 0 Å². The Morgan fingerprint density at radius 1 is 1.29 bits per heavy atom. The van der Waals surface area contributed by atoms with E-state index >= 15 is 0 Å². The lowest BCUT2D eigenvalue weighted by molar-refractivity contribution is 0.392. The highest BCUT2D eigenvalue weighted by molar-refractivity contribution is 9.10. The Morgan fingerprint density at radius 2 is 2.12 bits per heavy atom. The molecule has 0 aliphatic heterocycles. The molecule has 0 aromatic carbocycles. The lowest BCUT2D eigenvalue weighted by Crippen LogP contribution is -2.13. The standard InChI is InChI=1S/C12H14BrN3O/c1-8-12(9(2)17-16-8)7-15-5-10-3-11(13)6-14-4-10/h3-4,6,15H,5,7H2,1-2H3. The quantitative estimate of drug-likeness (QED) is 0.942. The van der Waals surface area contributed by atoms with Crippen molar-refractivity contribution in [1.82, 2.24) is 15.5 Å². The molecule has 17 heavy (non-hydrogen) atoms. The number of halogens is 1. The second-order valence-electron chi connectivity index (χ2n) is 3.92. The first-order chi connectivity index (χ1) is 8.16. The molecule has 0 radical (unpaired) electrons. The lowest BCUT2D eigenvalue weighted by atomic mass is 10.2. The summed E-state index contributed by atoms with van der Waals surface area (Å²) in [7, 11) is 0. The van der Waals surface area contributed by atoms with Crippen LogP contribution in [-0.2, 0) is 13.1 Å². The molecule has 0 saturated heterocycles. The van der Waals surface area contributed by atoms with E-state index in [2.05, 4.69) is 31.4 Å². The summed E-state index contributed by atoms with van der Waals surface area (Å²) in [5.41, 5.74) is 3.22. The summed E-state index contributed by atoms with van der Waals surface area (Å²) in [6, 6.07) is 2.05. The van der Waals surface area contributed by atoms with Gasteiger partial charge in [0.1, 0.15) is 5.76 Å². The van der Waals surface area contributed by atoms with Gasteiger partial charge in [-0.2, -0.15) is 0 Å². The number of pyridine rings is 1. The van der Waals surface area contributed by atoms with Crippen molar-refractivity contribution in [3.8, 4) is 0 Å². The maximum Gasteiger partial charge on any atom is 0.138 e. The normalized spacial score (nSPS) is 10.8. The van der Waals surface area contributed by atoms with Crippen LogP contribution in [0.3, 0.4) is 0 Å². The maximum absolute atomic E-state index is 5.11. The molecule has 2 rings (SSSR count). The first-order valence-electron chi connectivity index (χ1n) is 5.38. The molecule has 0 atom stereocenters. The van der Waals surface area contributed by atoms with Crippen molar-refractivity contribution in [2.45, 2.75) is 26.9 Å². The second-order valence-corrected chi connectivity index (χ2v) is 4.83. The Balaban J connectivity index is 1.92. The zero-order valence-electron chi connectivity index (χ0n) is 9.83. The molecule has 0 saturated carbocycles. The Bertz CT molecular complexity index is 491. The monoisotopic (exact) mass is 295 g/mol. The van der Waals surface area contributed by atoms with Gasteiger partial charge in [-0.25, -0.2) is 0 Å². The van der Waals surface area contributed by atoms with Gasteiger partial charge in [0.15, 0.2) is 0 Å². The van der Waals surface area contributed by atoms with Crippen LogP contribution in [0, 0.1) is 13.8 Å². The molecular weight excluding hydrogens is 282 g/mol. The van der Waals surface area contributed by atoms with Gasteiger partial charge in [-0.1, -0.05) is 5.16 Å². The second kappa shape index (κ2) is 5.42. The third kappa shape index (κ3) is 3.14. The molecule has 0 amide bonds. The number of hydrogen-bond donors (Lipinski definition) is 1. The summed E-state index contributed by atoms with van der Waals surface area (Å²) in [6.07, 6.45) is 3.63. The van der Waals surface area contributed by atoms with E-state index in [1.807, 2.05) is 26.1 Å². The fourth-order valence-corrected chi connectivity index (χ4v) is 2.05. The molecule has 90 valence electrons. The minimum atomic E-state index is 0.758. The Morgan fingerprint density at radius 3 is 2.76 bits per heavy atom. The SMILES string of the molecule is Cc1noc(C)c1CNCc1cncc(Br)c1. The molecule has 0 spiro atoms. The third-order valence-electron chi connectivity index (χ3n) is 2.57. The van der Waals surface area contributed by atoms with Crippen LogP contribution in [0.15, 0.2) is 27.5 Å². The minimum absolute atomic E-state index is 0.758. The van der Waals surface area contributed by atoms with Crippen LogP contribution in [0.5, 0.6) is 0 Å². The third-order valence-corrected chi connectivity index (χ3v) is 3.01. The van der Waals surface area contributed by atoms with E-state index in [4.69, 9.17) is 4.52 Å². The van der Waals surface area contributed by atoms with Gasteiger partial charge < -0.3 is 9.84 Å². The van der Waals surface area contributed by atoms with Gasteiger partial charge in [0.25, 0.3) is 0 Å². The summed E-state index contributed by atoms with van der Waals surface area (Å²) < 4.78 is 6.10. The average Bonchev–Trinajstić information content (AvgIpc) is 2.61. The van der Waals surface area contributed by atoms with E-state index in [1.54, 1.807) is 6.20 Å². The van der Waals surface area contributed by atoms with Crippen molar-refractivity contribution in [3.05, 3.63) is 45.5 Å². The average molecular weight is 296 g/mol. The van der Waals surface area contributed by atoms with E-state index in [1.165, 1.54) is 0 Å². The molecule has 4 nitrogen and oxygen atoms in total. The van der Waals surface area contributed by atoms with Gasteiger partial charge >= 0.3 is 0 Å². The van der Waals surface area contributed by atoms with Gasteiger partial charge in [-0.3, -0.25) is 4.98 Å². The van der Waals surface area contributed by atoms with E-state index in [0.717, 1.165) is 40.1 Å². The summed E-state index contributed by atoms with van der Waals surface area (Å²) in [5, 5.41) is 7.27. The highest BCUT2D eigenvalue weighted by atomic mass is 79.9. The van der Waals surface area contributed by atoms with Crippen LogP contribution in [0.2, 0.25) is 0 Å². The number of nitrogens with zero attached hydrogens (tertiary/aromatic N) is 2. The maximum atomic E-state index is 5.11. The zero-order valence-corrected chi connectivity index (χ0v) is 11.4. The fraction of sp³-hybridized carbons (Fsp3) is 0.333. The lowest BCUT2D eigenvalue weighted by Gasteiger charge is -2.04. The van der Waals surface area contributed by atoms with Gasteiger partial charge in [0, 0.05) is 35.5 Å². The Kier molecular flexibility index (Phi) is 3.91. The van der Waals surface area contributed by atoms with Crippen LogP contribution in [-0.4, -0.2) is 10.1 Å². The molecule has 1 N–H and O–H groups in total. The molecule has 0 aliphatic rings. The number of nitrogens with one attached hydrogen (secondary N) is 1. The topological polar surface area (TPSA) is 51.0 Å². The molecule has 0 fully saturated rings. The number of hydrogen-bond acceptors (Lipinski definition) is 4. The van der Waals surface area contributed by atoms with Crippen molar-refractivity contribution in [2.75, 3.05) is 0 Å². The predicted octanol–water partition coefficient (Wildman–Crippen LogP) is 2.74. The van der Waals surface area contributed by atoms with Gasteiger partial charge in [0.05, 0.1) is 5.69 Å². The first kappa shape index (κ1) is 12.3. The largest absolute Gasteiger partial charge is 0.361 e. The van der Waals surface area contributed by atoms with Crippen molar-refractivity contribution >= 4 is 15.9 Å². The molecule has 2 aromatic heterocycles. The molecular formula is C12H14BrN3O. The highest BCUT2D eigenvalue weighted by Gasteiger charge is 2.07. The summed E-state index contributed by atoms with van der Waals surface area (Å²) >= 11 is 3.40. The minimum Gasteiger partial charge on any atom is -0.361 e. The summed E-state index contributed by atoms with van der Waals surface area (Å²) in [6.45, 7) is 5.41. The molecule has 0 aliphatic carbocycles. The molecule has 5 heteroatoms. The molecule has 0 bridgehead atoms. The molecule has 2 heterocycles. The predicted molar refractivity (Wildman–Crippen MR) is 68.5 cm³/mol. The zero-order chi connectivity index (χ0) is 12.3. The first-order valence-corrected chi connectivity index (χ1v) is 6.18. The number of aromatic nitrogens is 2. The summed E-state index contributed by atoms with van der Waals surface area (Å²) in [5.74, 6) is 0.877. The van der Waals surface area contributed by atoms with Crippen molar-refractivity contribution in [3.63, 3.8) is 0 Å². The van der Waals surface area contributed by atoms with Crippen molar-refractivity contribution in [1.29, 1.82) is 0 Å². The van der Waals surface area contributed by atoms with E-state index < -0.39 is 0 Å². The van der Waals surface area contributed by atoms with E-state index in [9.17, 15) is 0 Å². The van der Waals surface area contributed by atoms with E-state index in [0.29, 0.717) is 0 Å². The molecule has 2 aromatic rings. The van der Waals surface area contributed by atoms with E-state index in [-0.39, 0.29) is 0 Å². The van der Waals surface area contributed by atoms with Crippen LogP contribution < -0.4 is 5.32 Å². The summed E-state index contributed by atoms with van der Waals surface area (Å²) in [4.78, 5) is 4.12. The van der Waals surface area contributed by atoms with Crippen LogP contribution in [0.4, 0.5) is 0 Å². The van der Waals surface area contributed by atoms with Crippen molar-refractivity contribution < 1.29 is 4.52 Å². The van der Waals surface area contributed by atoms with Gasteiger partial charge in [0.2, 0.25) is 0 Å². The van der Waals surface area contributed by atoms with Crippen LogP contribution in [0.25, 0.3) is 0 Å².